The first-order chi connectivity index (χ1) is 14.3. The van der Waals surface area contributed by atoms with Gasteiger partial charge < -0.3 is 15.5 Å². The number of piperidine rings is 1. The van der Waals surface area contributed by atoms with E-state index in [2.05, 4.69) is 71.6 Å². The van der Waals surface area contributed by atoms with E-state index >= 15 is 0 Å². The highest BCUT2D eigenvalue weighted by atomic mass is 127. The highest BCUT2D eigenvalue weighted by Gasteiger charge is 2.21. The van der Waals surface area contributed by atoms with Crippen LogP contribution < -0.4 is 10.6 Å². The Kier molecular flexibility index (Phi) is 13.1. The van der Waals surface area contributed by atoms with Gasteiger partial charge in [-0.2, -0.15) is 0 Å². The number of guanidine groups is 1. The topological polar surface area (TPSA) is 60.0 Å². The van der Waals surface area contributed by atoms with Gasteiger partial charge in [0.1, 0.15) is 6.54 Å². The third kappa shape index (κ3) is 11.2. The fourth-order valence-corrected chi connectivity index (χ4v) is 3.58. The van der Waals surface area contributed by atoms with Crippen molar-refractivity contribution in [3.63, 3.8) is 0 Å². The fourth-order valence-electron chi connectivity index (χ4n) is 3.58. The van der Waals surface area contributed by atoms with Gasteiger partial charge in [-0.05, 0) is 44.1 Å². The van der Waals surface area contributed by atoms with Gasteiger partial charge in [-0.1, -0.05) is 44.2 Å². The summed E-state index contributed by atoms with van der Waals surface area (Å²) in [6.45, 7) is 10.0. The molecule has 0 radical (unpaired) electrons. The number of amides is 1. The summed E-state index contributed by atoms with van der Waals surface area (Å²) in [5, 5.41) is 7.11. The van der Waals surface area contributed by atoms with Crippen LogP contribution in [-0.2, 0) is 11.3 Å². The van der Waals surface area contributed by atoms with Gasteiger partial charge in [0, 0.05) is 45.8 Å². The number of benzene rings is 1. The van der Waals surface area contributed by atoms with Gasteiger partial charge in [0.05, 0.1) is 0 Å². The molecule has 1 fully saturated rings. The number of carbonyl (C=O) groups is 1. The lowest BCUT2D eigenvalue weighted by atomic mass is 10.0. The number of aliphatic imine (C=N–C) groups is 1. The molecule has 0 bridgehead atoms. The maximum absolute atomic E-state index is 12.0. The number of hydrogen-bond donors (Lipinski definition) is 2. The predicted molar refractivity (Wildman–Crippen MR) is 141 cm³/mol. The molecule has 176 valence electrons. The summed E-state index contributed by atoms with van der Waals surface area (Å²) in [5.41, 5.74) is 1.37. The quantitative estimate of drug-likeness (QED) is 0.283. The van der Waals surface area contributed by atoms with E-state index in [1.807, 2.05) is 0 Å². The number of rotatable bonds is 9. The van der Waals surface area contributed by atoms with E-state index in [9.17, 15) is 4.79 Å². The second-order valence-electron chi connectivity index (χ2n) is 9.15. The van der Waals surface area contributed by atoms with Crippen molar-refractivity contribution in [2.75, 3.05) is 33.7 Å². The second-order valence-corrected chi connectivity index (χ2v) is 9.15. The van der Waals surface area contributed by atoms with E-state index in [0.717, 1.165) is 44.9 Å². The maximum Gasteiger partial charge on any atom is 0.243 e. The average molecular weight is 544 g/mol. The zero-order valence-electron chi connectivity index (χ0n) is 19.9. The van der Waals surface area contributed by atoms with Crippen LogP contribution in [0.5, 0.6) is 0 Å². The largest absolute Gasteiger partial charge is 0.354 e. The zero-order chi connectivity index (χ0) is 21.9. The van der Waals surface area contributed by atoms with Crippen LogP contribution in [0, 0.1) is 5.92 Å². The highest BCUT2D eigenvalue weighted by molar-refractivity contribution is 14.0. The van der Waals surface area contributed by atoms with Crippen LogP contribution >= 0.6 is 24.0 Å². The lowest BCUT2D eigenvalue weighted by Gasteiger charge is -2.33. The molecule has 2 rings (SSSR count). The molecular weight excluding hydrogens is 501 g/mol. The Bertz CT molecular complexity index is 657. The molecule has 1 aromatic carbocycles. The van der Waals surface area contributed by atoms with Gasteiger partial charge in [0.2, 0.25) is 5.91 Å². The lowest BCUT2D eigenvalue weighted by Crippen LogP contribution is -2.50. The molecule has 1 unspecified atom stereocenters. The van der Waals surface area contributed by atoms with Crippen LogP contribution in [0.4, 0.5) is 0 Å². The number of hydrogen-bond acceptors (Lipinski definition) is 3. The van der Waals surface area contributed by atoms with Crippen molar-refractivity contribution in [1.82, 2.24) is 20.4 Å². The Balaban J connectivity index is 0.00000480. The summed E-state index contributed by atoms with van der Waals surface area (Å²) in [6.07, 6.45) is 4.43. The summed E-state index contributed by atoms with van der Waals surface area (Å²) in [6, 6.07) is 11.4. The van der Waals surface area contributed by atoms with E-state index in [0.29, 0.717) is 18.0 Å². The molecule has 2 N–H and O–H groups in total. The smallest absolute Gasteiger partial charge is 0.243 e. The maximum atomic E-state index is 12.0. The first-order valence-electron chi connectivity index (χ1n) is 11.4. The van der Waals surface area contributed by atoms with Crippen LogP contribution in [0.15, 0.2) is 35.3 Å². The van der Waals surface area contributed by atoms with Gasteiger partial charge in [-0.3, -0.25) is 9.69 Å². The number of likely N-dealkylation sites (N-methyl/N-ethyl adjacent to an activating group) is 1. The monoisotopic (exact) mass is 543 g/mol. The zero-order valence-corrected chi connectivity index (χ0v) is 22.3. The molecule has 0 aliphatic carbocycles. The normalized spacial score (nSPS) is 16.5. The van der Waals surface area contributed by atoms with Crippen LogP contribution in [0.1, 0.15) is 52.0 Å². The highest BCUT2D eigenvalue weighted by Crippen LogP contribution is 2.14. The number of nitrogens with zero attached hydrogens (tertiary/aromatic N) is 3. The molecular formula is C24H42IN5O. The third-order valence-corrected chi connectivity index (χ3v) is 5.61. The Hall–Kier alpha value is -1.35. The van der Waals surface area contributed by atoms with E-state index < -0.39 is 0 Å². The molecule has 31 heavy (non-hydrogen) atoms. The predicted octanol–water partition coefficient (Wildman–Crippen LogP) is 3.72. The van der Waals surface area contributed by atoms with Gasteiger partial charge in [-0.15, -0.1) is 24.0 Å². The minimum atomic E-state index is 0. The van der Waals surface area contributed by atoms with Crippen molar-refractivity contribution >= 4 is 35.8 Å². The number of likely N-dealkylation sites (tertiary alicyclic amines) is 1. The minimum absolute atomic E-state index is 0. The Morgan fingerprint density at radius 3 is 2.35 bits per heavy atom. The first-order valence-corrected chi connectivity index (χ1v) is 11.4. The average Bonchev–Trinajstić information content (AvgIpc) is 2.72. The van der Waals surface area contributed by atoms with E-state index in [1.165, 1.54) is 12.0 Å². The SMILES string of the molecule is CC(C)CCC(C)NC(=NCC(=O)N(C)C)NC1CCN(Cc2ccccc2)CC1.I. The van der Waals surface area contributed by atoms with Crippen molar-refractivity contribution in [3.8, 4) is 0 Å². The summed E-state index contributed by atoms with van der Waals surface area (Å²) in [5.74, 6) is 1.47. The summed E-state index contributed by atoms with van der Waals surface area (Å²) >= 11 is 0. The van der Waals surface area contributed by atoms with Crippen LogP contribution in [0.25, 0.3) is 0 Å². The molecule has 6 nitrogen and oxygen atoms in total. The number of carbonyl (C=O) groups excluding carboxylic acids is 1. The molecule has 1 atom stereocenters. The number of halogens is 1. The Morgan fingerprint density at radius 2 is 1.77 bits per heavy atom. The minimum Gasteiger partial charge on any atom is -0.354 e. The van der Waals surface area contributed by atoms with Crippen molar-refractivity contribution in [2.24, 2.45) is 10.9 Å². The van der Waals surface area contributed by atoms with Gasteiger partial charge in [0.15, 0.2) is 5.96 Å². The molecule has 0 aromatic heterocycles. The van der Waals surface area contributed by atoms with E-state index in [-0.39, 0.29) is 36.4 Å². The molecule has 1 aliphatic rings. The van der Waals surface area contributed by atoms with Crippen molar-refractivity contribution in [2.45, 2.75) is 65.1 Å². The van der Waals surface area contributed by atoms with E-state index in [4.69, 9.17) is 0 Å². The van der Waals surface area contributed by atoms with Gasteiger partial charge >= 0.3 is 0 Å². The summed E-state index contributed by atoms with van der Waals surface area (Å²) in [7, 11) is 3.54. The Labute approximate surface area is 206 Å². The van der Waals surface area contributed by atoms with Crippen molar-refractivity contribution < 1.29 is 4.79 Å². The Morgan fingerprint density at radius 1 is 1.13 bits per heavy atom. The van der Waals surface area contributed by atoms with Crippen molar-refractivity contribution in [1.29, 1.82) is 0 Å². The standard InChI is InChI=1S/C24H41N5O.HI/c1-19(2)11-12-20(3)26-24(25-17-23(30)28(4)5)27-22-13-15-29(16-14-22)18-21-9-7-6-8-10-21;/h6-10,19-20,22H,11-18H2,1-5H3,(H2,25,26,27);1H. The molecule has 1 aliphatic heterocycles. The van der Waals surface area contributed by atoms with Crippen LogP contribution in [0.2, 0.25) is 0 Å². The lowest BCUT2D eigenvalue weighted by molar-refractivity contribution is -0.127. The molecule has 1 aromatic rings. The molecule has 7 heteroatoms. The second kappa shape index (κ2) is 14.7. The fraction of sp³-hybridized carbons (Fsp3) is 0.667. The molecule has 0 spiro atoms. The van der Waals surface area contributed by atoms with Crippen molar-refractivity contribution in [3.05, 3.63) is 35.9 Å². The summed E-state index contributed by atoms with van der Waals surface area (Å²) in [4.78, 5) is 20.7. The molecule has 0 saturated carbocycles. The van der Waals surface area contributed by atoms with E-state index in [1.54, 1.807) is 19.0 Å². The van der Waals surface area contributed by atoms with Crippen LogP contribution in [0.3, 0.4) is 0 Å². The van der Waals surface area contributed by atoms with Crippen LogP contribution in [-0.4, -0.2) is 67.5 Å². The molecule has 1 amide bonds. The third-order valence-electron chi connectivity index (χ3n) is 5.61. The molecule has 1 heterocycles. The molecule has 1 saturated heterocycles. The first kappa shape index (κ1) is 27.7. The number of nitrogens with one attached hydrogen (secondary N) is 2. The summed E-state index contributed by atoms with van der Waals surface area (Å²) < 4.78 is 0. The van der Waals surface area contributed by atoms with Gasteiger partial charge in [0.25, 0.3) is 0 Å². The van der Waals surface area contributed by atoms with Gasteiger partial charge in [-0.25, -0.2) is 4.99 Å².